The van der Waals surface area contributed by atoms with Gasteiger partial charge in [-0.3, -0.25) is 4.90 Å². The normalized spacial score (nSPS) is 15.1. The molecular weight excluding hydrogens is 668 g/mol. The molecule has 0 aliphatic carbocycles. The number of hydrogen-bond donors (Lipinski definition) is 1. The van der Waals surface area contributed by atoms with Gasteiger partial charge in [0, 0.05) is 35.5 Å². The highest BCUT2D eigenvalue weighted by molar-refractivity contribution is 5.92. The molecule has 1 N–H and O–H groups in total. The summed E-state index contributed by atoms with van der Waals surface area (Å²) in [5.74, 6) is -0.0469. The van der Waals surface area contributed by atoms with Crippen LogP contribution in [0.25, 0.3) is 22.5 Å². The second kappa shape index (κ2) is 19.1. The van der Waals surface area contributed by atoms with Crippen molar-refractivity contribution in [2.45, 2.75) is 103 Å². The first-order valence-electron chi connectivity index (χ1n) is 18.7. The summed E-state index contributed by atoms with van der Waals surface area (Å²) in [4.78, 5) is 50.8. The summed E-state index contributed by atoms with van der Waals surface area (Å²) >= 11 is 0. The summed E-state index contributed by atoms with van der Waals surface area (Å²) in [5, 5.41) is 2.63. The summed E-state index contributed by atoms with van der Waals surface area (Å²) in [6.45, 7) is 9.80. The first kappa shape index (κ1) is 39.1. The molecule has 1 amide bonds. The van der Waals surface area contributed by atoms with Crippen LogP contribution in [0.5, 0.6) is 5.75 Å². The minimum Gasteiger partial charge on any atom is -0.494 e. The molecule has 1 aliphatic heterocycles. The molecule has 3 aromatic carbocycles. The third-order valence-corrected chi connectivity index (χ3v) is 9.39. The smallest absolute Gasteiger partial charge is 0.408 e. The van der Waals surface area contributed by atoms with E-state index in [4.69, 9.17) is 14.2 Å². The van der Waals surface area contributed by atoms with Gasteiger partial charge in [-0.1, -0.05) is 99.3 Å². The molecule has 10 heteroatoms. The molecule has 5 rings (SSSR count). The highest BCUT2D eigenvalue weighted by Crippen LogP contribution is 2.28. The molecular formula is C43H52N4O6. The predicted molar refractivity (Wildman–Crippen MR) is 205 cm³/mol. The first-order chi connectivity index (χ1) is 25.6. The molecule has 53 heavy (non-hydrogen) atoms. The molecule has 0 radical (unpaired) electrons. The van der Waals surface area contributed by atoms with Gasteiger partial charge in [-0.25, -0.2) is 24.4 Å². The minimum atomic E-state index is -1.16. The van der Waals surface area contributed by atoms with Crippen molar-refractivity contribution in [2.75, 3.05) is 13.2 Å². The van der Waals surface area contributed by atoms with Crippen LogP contribution in [0.3, 0.4) is 0 Å². The Morgan fingerprint density at radius 1 is 0.830 bits per heavy atom. The van der Waals surface area contributed by atoms with Gasteiger partial charge in [0.05, 0.1) is 6.61 Å². The lowest BCUT2D eigenvalue weighted by Gasteiger charge is -2.35. The Morgan fingerprint density at radius 3 is 2.19 bits per heavy atom. The van der Waals surface area contributed by atoms with Gasteiger partial charge in [-0.15, -0.1) is 0 Å². The second-order valence-corrected chi connectivity index (χ2v) is 14.5. The Morgan fingerprint density at radius 2 is 1.51 bits per heavy atom. The molecule has 1 fully saturated rings. The van der Waals surface area contributed by atoms with Crippen molar-refractivity contribution in [1.82, 2.24) is 20.2 Å². The van der Waals surface area contributed by atoms with Gasteiger partial charge in [0.2, 0.25) is 0 Å². The summed E-state index contributed by atoms with van der Waals surface area (Å²) in [6, 6.07) is 22.9. The lowest BCUT2D eigenvalue weighted by atomic mass is 10.0. The molecule has 1 saturated heterocycles. The van der Waals surface area contributed by atoms with Gasteiger partial charge in [0.15, 0.2) is 5.82 Å². The lowest BCUT2D eigenvalue weighted by molar-refractivity contribution is -0.165. The van der Waals surface area contributed by atoms with Crippen LogP contribution >= 0.6 is 0 Å². The highest BCUT2D eigenvalue weighted by atomic mass is 16.6. The van der Waals surface area contributed by atoms with Crippen LogP contribution in [0.2, 0.25) is 0 Å². The van der Waals surface area contributed by atoms with Crippen molar-refractivity contribution in [2.24, 2.45) is 0 Å². The standard InChI is InChI=1S/C43H52N4O6/c1-5-6-7-8-12-26-51-36-23-21-33(22-24-36)35-28-44-39(45-29-35)34-19-17-31(18-20-34)27-37(46-42(50)52-30-32-14-10-9-11-15-32)40(48)53-41(49)38-16-13-25-47(38)43(2,3)4/h9-11,14-15,17-24,28-29,37-38H,5-8,12-13,16,25-27,30H2,1-4H3,(H,46,50)/t37-,38-/m0/s1. The Hall–Kier alpha value is -5.09. The quantitative estimate of drug-likeness (QED) is 0.0692. The van der Waals surface area contributed by atoms with E-state index in [1.54, 1.807) is 12.4 Å². The molecule has 2 heterocycles. The fraction of sp³-hybridized carbons (Fsp3) is 0.419. The Bertz CT molecular complexity index is 1760. The number of ether oxygens (including phenoxy) is 3. The summed E-state index contributed by atoms with van der Waals surface area (Å²) in [6.07, 6.45) is 10.3. The van der Waals surface area contributed by atoms with Crippen LogP contribution in [0, 0.1) is 0 Å². The number of nitrogens with zero attached hydrogens (tertiary/aromatic N) is 3. The monoisotopic (exact) mass is 720 g/mol. The Labute approximate surface area is 313 Å². The van der Waals surface area contributed by atoms with Crippen molar-refractivity contribution in [1.29, 1.82) is 0 Å². The van der Waals surface area contributed by atoms with Crippen LogP contribution in [-0.4, -0.2) is 63.7 Å². The number of likely N-dealkylation sites (tertiary alicyclic amines) is 1. The maximum atomic E-state index is 13.5. The minimum absolute atomic E-state index is 0.0302. The van der Waals surface area contributed by atoms with Gasteiger partial charge >= 0.3 is 18.0 Å². The lowest BCUT2D eigenvalue weighted by Crippen LogP contribution is -2.50. The van der Waals surface area contributed by atoms with Crippen LogP contribution in [-0.2, 0) is 32.1 Å². The van der Waals surface area contributed by atoms with Crippen LogP contribution < -0.4 is 10.1 Å². The average molecular weight is 721 g/mol. The highest BCUT2D eigenvalue weighted by Gasteiger charge is 2.40. The molecule has 10 nitrogen and oxygen atoms in total. The third kappa shape index (κ3) is 11.7. The van der Waals surface area contributed by atoms with Crippen LogP contribution in [0.1, 0.15) is 83.8 Å². The predicted octanol–water partition coefficient (Wildman–Crippen LogP) is 8.33. The van der Waals surface area contributed by atoms with Gasteiger partial charge in [0.1, 0.15) is 24.4 Å². The maximum absolute atomic E-state index is 13.5. The zero-order valence-electron chi connectivity index (χ0n) is 31.4. The number of aromatic nitrogens is 2. The van der Waals surface area contributed by atoms with Crippen molar-refractivity contribution < 1.29 is 28.6 Å². The van der Waals surface area contributed by atoms with E-state index in [-0.39, 0.29) is 18.6 Å². The number of esters is 2. The molecule has 4 aromatic rings. The third-order valence-electron chi connectivity index (χ3n) is 9.39. The van der Waals surface area contributed by atoms with Crippen molar-refractivity contribution in [3.8, 4) is 28.3 Å². The molecule has 1 aromatic heterocycles. The number of amides is 1. The first-order valence-corrected chi connectivity index (χ1v) is 18.7. The van der Waals surface area contributed by atoms with E-state index >= 15 is 0 Å². The summed E-state index contributed by atoms with van der Waals surface area (Å²) in [5.41, 5.74) is 3.95. The zero-order chi connectivity index (χ0) is 37.6. The fourth-order valence-corrected chi connectivity index (χ4v) is 6.44. The molecule has 0 bridgehead atoms. The van der Waals surface area contributed by atoms with E-state index in [0.717, 1.165) is 59.6 Å². The van der Waals surface area contributed by atoms with E-state index in [0.29, 0.717) is 12.2 Å². The van der Waals surface area contributed by atoms with E-state index in [1.807, 2.05) is 99.6 Å². The van der Waals surface area contributed by atoms with Crippen molar-refractivity contribution in [3.05, 3.63) is 102 Å². The summed E-state index contributed by atoms with van der Waals surface area (Å²) in [7, 11) is 0. The van der Waals surface area contributed by atoms with Crippen LogP contribution in [0.15, 0.2) is 91.3 Å². The molecule has 0 unspecified atom stereocenters. The van der Waals surface area contributed by atoms with Crippen molar-refractivity contribution in [3.63, 3.8) is 0 Å². The van der Waals surface area contributed by atoms with Gasteiger partial charge in [-0.2, -0.15) is 0 Å². The van der Waals surface area contributed by atoms with E-state index < -0.39 is 30.1 Å². The number of hydrogen-bond acceptors (Lipinski definition) is 9. The molecule has 0 saturated carbocycles. The number of carbonyl (C=O) groups excluding carboxylic acids is 3. The summed E-state index contributed by atoms with van der Waals surface area (Å²) < 4.78 is 16.7. The number of alkyl carbamates (subject to hydrolysis) is 1. The largest absolute Gasteiger partial charge is 0.494 e. The molecule has 2 atom stereocenters. The van der Waals surface area contributed by atoms with Gasteiger partial charge in [0.25, 0.3) is 0 Å². The number of nitrogens with one attached hydrogen (secondary N) is 1. The maximum Gasteiger partial charge on any atom is 0.408 e. The van der Waals surface area contributed by atoms with Crippen molar-refractivity contribution >= 4 is 18.0 Å². The zero-order valence-corrected chi connectivity index (χ0v) is 31.4. The number of rotatable bonds is 16. The van der Waals surface area contributed by atoms with Gasteiger partial charge in [-0.05, 0) is 75.4 Å². The fourth-order valence-electron chi connectivity index (χ4n) is 6.44. The van der Waals surface area contributed by atoms with Gasteiger partial charge < -0.3 is 19.5 Å². The molecule has 0 spiro atoms. The Kier molecular flexibility index (Phi) is 14.1. The van der Waals surface area contributed by atoms with E-state index in [9.17, 15) is 14.4 Å². The molecule has 1 aliphatic rings. The Balaban J connectivity index is 1.21. The number of benzene rings is 3. The molecule has 280 valence electrons. The van der Waals surface area contributed by atoms with E-state index in [1.165, 1.54) is 25.7 Å². The van der Waals surface area contributed by atoms with Crippen LogP contribution in [0.4, 0.5) is 4.79 Å². The average Bonchev–Trinajstić information content (AvgIpc) is 3.68. The topological polar surface area (TPSA) is 120 Å². The number of carbonyl (C=O) groups is 3. The number of unbranched alkanes of at least 4 members (excludes halogenated alkanes) is 4. The van der Waals surface area contributed by atoms with E-state index in [2.05, 4.69) is 27.1 Å². The second-order valence-electron chi connectivity index (χ2n) is 14.5. The SMILES string of the molecule is CCCCCCCOc1ccc(-c2cnc(-c3ccc(C[C@H](NC(=O)OCc4ccccc4)C(=O)OC(=O)[C@@H]4CCCN4C(C)(C)C)cc3)nc2)cc1.